The van der Waals surface area contributed by atoms with Gasteiger partial charge in [-0.1, -0.05) is 6.92 Å². The Morgan fingerprint density at radius 1 is 1.07 bits per heavy atom. The van der Waals surface area contributed by atoms with Crippen molar-refractivity contribution in [2.45, 2.75) is 58.0 Å². The monoisotopic (exact) mass is 199 g/mol. The highest BCUT2D eigenvalue weighted by molar-refractivity contribution is 4.69. The SMILES string of the molecule is CC1CCC(OCCCCCN)CC1. The van der Waals surface area contributed by atoms with Crippen molar-refractivity contribution in [1.82, 2.24) is 0 Å². The van der Waals surface area contributed by atoms with Crippen LogP contribution in [0.5, 0.6) is 0 Å². The van der Waals surface area contributed by atoms with Gasteiger partial charge in [0.05, 0.1) is 6.10 Å². The molecule has 0 aliphatic heterocycles. The summed E-state index contributed by atoms with van der Waals surface area (Å²) in [6.07, 6.45) is 9.37. The minimum atomic E-state index is 0.559. The van der Waals surface area contributed by atoms with Crippen LogP contribution in [-0.4, -0.2) is 19.3 Å². The topological polar surface area (TPSA) is 35.2 Å². The van der Waals surface area contributed by atoms with E-state index in [1.54, 1.807) is 0 Å². The second kappa shape index (κ2) is 7.24. The van der Waals surface area contributed by atoms with Crippen molar-refractivity contribution in [3.63, 3.8) is 0 Å². The highest BCUT2D eigenvalue weighted by atomic mass is 16.5. The van der Waals surface area contributed by atoms with Crippen LogP contribution < -0.4 is 5.73 Å². The van der Waals surface area contributed by atoms with E-state index in [1.165, 1.54) is 38.5 Å². The lowest BCUT2D eigenvalue weighted by molar-refractivity contribution is 0.0180. The van der Waals surface area contributed by atoms with Crippen LogP contribution in [0.25, 0.3) is 0 Å². The molecule has 0 aromatic carbocycles. The van der Waals surface area contributed by atoms with Crippen LogP contribution in [0.2, 0.25) is 0 Å². The maximum atomic E-state index is 5.84. The second-order valence-corrected chi connectivity index (χ2v) is 4.60. The molecular weight excluding hydrogens is 174 g/mol. The molecule has 2 N–H and O–H groups in total. The van der Waals surface area contributed by atoms with Crippen molar-refractivity contribution in [3.05, 3.63) is 0 Å². The van der Waals surface area contributed by atoms with Crippen molar-refractivity contribution in [2.75, 3.05) is 13.2 Å². The Bertz CT molecular complexity index is 130. The second-order valence-electron chi connectivity index (χ2n) is 4.60. The molecule has 0 atom stereocenters. The molecule has 84 valence electrons. The summed E-state index contributed by atoms with van der Waals surface area (Å²) in [7, 11) is 0. The Kier molecular flexibility index (Phi) is 6.20. The molecule has 1 fully saturated rings. The van der Waals surface area contributed by atoms with E-state index >= 15 is 0 Å². The lowest BCUT2D eigenvalue weighted by Crippen LogP contribution is -2.20. The van der Waals surface area contributed by atoms with Gasteiger partial charge in [-0.2, -0.15) is 0 Å². The largest absolute Gasteiger partial charge is 0.378 e. The molecule has 1 saturated carbocycles. The van der Waals surface area contributed by atoms with Crippen LogP contribution in [0.1, 0.15) is 51.9 Å². The molecule has 0 amide bonds. The van der Waals surface area contributed by atoms with Crippen molar-refractivity contribution in [2.24, 2.45) is 11.7 Å². The molecule has 1 aliphatic rings. The summed E-state index contributed by atoms with van der Waals surface area (Å²) in [4.78, 5) is 0. The van der Waals surface area contributed by atoms with E-state index in [2.05, 4.69) is 6.92 Å². The molecule has 0 aromatic heterocycles. The quantitative estimate of drug-likeness (QED) is 0.668. The Morgan fingerprint density at radius 3 is 2.43 bits per heavy atom. The van der Waals surface area contributed by atoms with Gasteiger partial charge in [0, 0.05) is 6.61 Å². The lowest BCUT2D eigenvalue weighted by Gasteiger charge is -2.26. The molecule has 0 unspecified atom stereocenters. The first kappa shape index (κ1) is 12.0. The van der Waals surface area contributed by atoms with Gasteiger partial charge in [0.1, 0.15) is 0 Å². The van der Waals surface area contributed by atoms with Crippen molar-refractivity contribution in [3.8, 4) is 0 Å². The fraction of sp³-hybridized carbons (Fsp3) is 1.00. The van der Waals surface area contributed by atoms with E-state index in [0.29, 0.717) is 6.10 Å². The first-order valence-corrected chi connectivity index (χ1v) is 6.14. The summed E-state index contributed by atoms with van der Waals surface area (Å²) in [5, 5.41) is 0. The van der Waals surface area contributed by atoms with Gasteiger partial charge in [-0.25, -0.2) is 0 Å². The summed E-state index contributed by atoms with van der Waals surface area (Å²) in [5.41, 5.74) is 5.43. The van der Waals surface area contributed by atoms with Crippen LogP contribution in [0.15, 0.2) is 0 Å². The Balaban J connectivity index is 1.91. The van der Waals surface area contributed by atoms with E-state index in [0.717, 1.165) is 25.5 Å². The van der Waals surface area contributed by atoms with Gasteiger partial charge in [0.2, 0.25) is 0 Å². The minimum absolute atomic E-state index is 0.559. The molecule has 14 heavy (non-hydrogen) atoms. The van der Waals surface area contributed by atoms with Crippen molar-refractivity contribution < 1.29 is 4.74 Å². The zero-order valence-electron chi connectivity index (χ0n) is 9.50. The number of ether oxygens (including phenoxy) is 1. The number of unbranched alkanes of at least 4 members (excludes halogenated alkanes) is 2. The lowest BCUT2D eigenvalue weighted by atomic mass is 9.89. The molecule has 0 saturated heterocycles. The molecule has 1 rings (SSSR count). The van der Waals surface area contributed by atoms with Gasteiger partial charge < -0.3 is 10.5 Å². The third kappa shape index (κ3) is 4.97. The molecule has 0 radical (unpaired) electrons. The third-order valence-electron chi connectivity index (χ3n) is 3.16. The Labute approximate surface area is 88.2 Å². The van der Waals surface area contributed by atoms with E-state index in [4.69, 9.17) is 10.5 Å². The predicted molar refractivity (Wildman–Crippen MR) is 60.3 cm³/mol. The highest BCUT2D eigenvalue weighted by Crippen LogP contribution is 2.25. The molecule has 2 nitrogen and oxygen atoms in total. The summed E-state index contributed by atoms with van der Waals surface area (Å²) in [5.74, 6) is 0.923. The fourth-order valence-corrected chi connectivity index (χ4v) is 2.07. The predicted octanol–water partition coefficient (Wildman–Crippen LogP) is 2.71. The molecule has 1 aliphatic carbocycles. The third-order valence-corrected chi connectivity index (χ3v) is 3.16. The zero-order chi connectivity index (χ0) is 10.2. The standard InChI is InChI=1S/C12H25NO/c1-11-5-7-12(8-6-11)14-10-4-2-3-9-13/h11-12H,2-10,13H2,1H3. The van der Waals surface area contributed by atoms with Crippen LogP contribution in [0, 0.1) is 5.92 Å². The van der Waals surface area contributed by atoms with Crippen LogP contribution in [0.3, 0.4) is 0 Å². The number of hydrogen-bond acceptors (Lipinski definition) is 2. The van der Waals surface area contributed by atoms with E-state index < -0.39 is 0 Å². The normalized spacial score (nSPS) is 27.9. The minimum Gasteiger partial charge on any atom is -0.378 e. The molecule has 0 heterocycles. The molecule has 0 spiro atoms. The zero-order valence-corrected chi connectivity index (χ0v) is 9.50. The smallest absolute Gasteiger partial charge is 0.0575 e. The summed E-state index contributed by atoms with van der Waals surface area (Å²) in [6, 6.07) is 0. The molecular formula is C12H25NO. The Hall–Kier alpha value is -0.0800. The van der Waals surface area contributed by atoms with Crippen LogP contribution in [0.4, 0.5) is 0 Å². The molecule has 2 heteroatoms. The van der Waals surface area contributed by atoms with Gasteiger partial charge in [0.25, 0.3) is 0 Å². The molecule has 0 aromatic rings. The summed E-state index contributed by atoms with van der Waals surface area (Å²) < 4.78 is 5.84. The number of hydrogen-bond donors (Lipinski definition) is 1. The van der Waals surface area contributed by atoms with Gasteiger partial charge in [-0.05, 0) is 57.4 Å². The molecule has 0 bridgehead atoms. The summed E-state index contributed by atoms with van der Waals surface area (Å²) >= 11 is 0. The Morgan fingerprint density at radius 2 is 1.79 bits per heavy atom. The first-order valence-electron chi connectivity index (χ1n) is 6.14. The van der Waals surface area contributed by atoms with Gasteiger partial charge in [-0.3, -0.25) is 0 Å². The van der Waals surface area contributed by atoms with E-state index in [1.807, 2.05) is 0 Å². The van der Waals surface area contributed by atoms with Crippen LogP contribution in [-0.2, 0) is 4.74 Å². The van der Waals surface area contributed by atoms with Crippen molar-refractivity contribution >= 4 is 0 Å². The van der Waals surface area contributed by atoms with Gasteiger partial charge >= 0.3 is 0 Å². The number of nitrogens with two attached hydrogens (primary N) is 1. The average Bonchev–Trinajstić information content (AvgIpc) is 2.21. The number of rotatable bonds is 6. The maximum Gasteiger partial charge on any atom is 0.0575 e. The average molecular weight is 199 g/mol. The van der Waals surface area contributed by atoms with Gasteiger partial charge in [0.15, 0.2) is 0 Å². The van der Waals surface area contributed by atoms with Crippen molar-refractivity contribution in [1.29, 1.82) is 0 Å². The van der Waals surface area contributed by atoms with Crippen LogP contribution >= 0.6 is 0 Å². The maximum absolute atomic E-state index is 5.84. The fourth-order valence-electron chi connectivity index (χ4n) is 2.07. The van der Waals surface area contributed by atoms with Gasteiger partial charge in [-0.15, -0.1) is 0 Å². The van der Waals surface area contributed by atoms with E-state index in [9.17, 15) is 0 Å². The first-order chi connectivity index (χ1) is 6.83. The summed E-state index contributed by atoms with van der Waals surface area (Å²) in [6.45, 7) is 4.11. The van der Waals surface area contributed by atoms with E-state index in [-0.39, 0.29) is 0 Å². The highest BCUT2D eigenvalue weighted by Gasteiger charge is 2.17.